The second kappa shape index (κ2) is 9.68. The SMILES string of the molecule is O=C(Nc1ccc2c(c1)CCN(C(=O)C1CCC1)C2)Oc1ccccc1-c1ccc(C(F)(F)F)cc1. The van der Waals surface area contributed by atoms with Gasteiger partial charge in [0.2, 0.25) is 5.91 Å². The molecule has 0 unspecified atom stereocenters. The number of anilines is 1. The molecule has 1 fully saturated rings. The first-order valence-electron chi connectivity index (χ1n) is 11.9. The average Bonchev–Trinajstić information content (AvgIpc) is 2.82. The fraction of sp³-hybridized carbons (Fsp3) is 0.286. The van der Waals surface area contributed by atoms with Crippen molar-refractivity contribution in [1.29, 1.82) is 0 Å². The van der Waals surface area contributed by atoms with E-state index in [1.807, 2.05) is 17.0 Å². The molecule has 1 N–H and O–H groups in total. The highest BCUT2D eigenvalue weighted by molar-refractivity contribution is 5.88. The highest BCUT2D eigenvalue weighted by atomic mass is 19.4. The van der Waals surface area contributed by atoms with E-state index in [2.05, 4.69) is 5.32 Å². The molecule has 2 amide bonds. The minimum atomic E-state index is -4.42. The van der Waals surface area contributed by atoms with E-state index in [1.54, 1.807) is 30.3 Å². The van der Waals surface area contributed by atoms with Crippen molar-refractivity contribution >= 4 is 17.7 Å². The maximum Gasteiger partial charge on any atom is 0.417 e. The fourth-order valence-electron chi connectivity index (χ4n) is 4.61. The first kappa shape index (κ1) is 23.9. The summed E-state index contributed by atoms with van der Waals surface area (Å²) in [7, 11) is 0. The van der Waals surface area contributed by atoms with Crippen molar-refractivity contribution in [3.05, 3.63) is 83.4 Å². The molecule has 5 nitrogen and oxygen atoms in total. The lowest BCUT2D eigenvalue weighted by Crippen LogP contribution is -2.41. The Bertz CT molecular complexity index is 1280. The van der Waals surface area contributed by atoms with Crippen molar-refractivity contribution < 1.29 is 27.5 Å². The van der Waals surface area contributed by atoms with Crippen LogP contribution < -0.4 is 10.1 Å². The van der Waals surface area contributed by atoms with Crippen molar-refractivity contribution in [2.45, 2.75) is 38.4 Å². The summed E-state index contributed by atoms with van der Waals surface area (Å²) >= 11 is 0. The van der Waals surface area contributed by atoms with E-state index in [4.69, 9.17) is 4.74 Å². The smallest absolute Gasteiger partial charge is 0.409 e. The molecule has 36 heavy (non-hydrogen) atoms. The van der Waals surface area contributed by atoms with E-state index < -0.39 is 17.8 Å². The maximum atomic E-state index is 12.9. The van der Waals surface area contributed by atoms with Gasteiger partial charge in [0, 0.05) is 30.3 Å². The van der Waals surface area contributed by atoms with Gasteiger partial charge in [0.25, 0.3) is 0 Å². The molecule has 0 saturated heterocycles. The van der Waals surface area contributed by atoms with E-state index >= 15 is 0 Å². The van der Waals surface area contributed by atoms with E-state index in [-0.39, 0.29) is 17.6 Å². The van der Waals surface area contributed by atoms with Gasteiger partial charge in [0.15, 0.2) is 0 Å². The predicted octanol–water partition coefficient (Wildman–Crippen LogP) is 6.67. The second-order valence-corrected chi connectivity index (χ2v) is 9.21. The van der Waals surface area contributed by atoms with Crippen LogP contribution in [0, 0.1) is 5.92 Å². The van der Waals surface area contributed by atoms with Crippen LogP contribution in [-0.2, 0) is 23.9 Å². The van der Waals surface area contributed by atoms with E-state index in [0.29, 0.717) is 29.9 Å². The Hall–Kier alpha value is -3.81. The largest absolute Gasteiger partial charge is 0.417 e. The maximum absolute atomic E-state index is 12.9. The molecular weight excluding hydrogens is 469 g/mol. The van der Waals surface area contributed by atoms with Crippen LogP contribution in [0.1, 0.15) is 36.0 Å². The molecule has 0 atom stereocenters. The number of rotatable bonds is 4. The van der Waals surface area contributed by atoms with Crippen LogP contribution in [0.25, 0.3) is 11.1 Å². The lowest BCUT2D eigenvalue weighted by molar-refractivity contribution is -0.139. The molecule has 0 aromatic heterocycles. The number of para-hydroxylation sites is 1. The van der Waals surface area contributed by atoms with Gasteiger partial charge in [-0.15, -0.1) is 0 Å². The van der Waals surface area contributed by atoms with Crippen LogP contribution in [0.3, 0.4) is 0 Å². The summed E-state index contributed by atoms with van der Waals surface area (Å²) in [4.78, 5) is 27.1. The van der Waals surface area contributed by atoms with Gasteiger partial charge >= 0.3 is 12.3 Å². The van der Waals surface area contributed by atoms with Gasteiger partial charge in [-0.05, 0) is 66.3 Å². The molecule has 2 aliphatic rings. The molecule has 1 saturated carbocycles. The molecule has 1 heterocycles. The molecule has 0 radical (unpaired) electrons. The highest BCUT2D eigenvalue weighted by Gasteiger charge is 2.31. The van der Waals surface area contributed by atoms with Gasteiger partial charge in [0.1, 0.15) is 5.75 Å². The third-order valence-electron chi connectivity index (χ3n) is 6.84. The van der Waals surface area contributed by atoms with E-state index in [9.17, 15) is 22.8 Å². The minimum absolute atomic E-state index is 0.174. The summed E-state index contributed by atoms with van der Waals surface area (Å²) in [5.41, 5.74) is 2.98. The van der Waals surface area contributed by atoms with E-state index in [1.165, 1.54) is 12.1 Å². The van der Waals surface area contributed by atoms with Crippen LogP contribution in [0.15, 0.2) is 66.7 Å². The number of carbonyl (C=O) groups excluding carboxylic acids is 2. The summed E-state index contributed by atoms with van der Waals surface area (Å²) < 4.78 is 44.2. The highest BCUT2D eigenvalue weighted by Crippen LogP contribution is 2.34. The van der Waals surface area contributed by atoms with Gasteiger partial charge in [-0.2, -0.15) is 13.2 Å². The van der Waals surface area contributed by atoms with Gasteiger partial charge < -0.3 is 9.64 Å². The number of amides is 2. The Morgan fingerprint density at radius 3 is 2.39 bits per heavy atom. The minimum Gasteiger partial charge on any atom is -0.409 e. The second-order valence-electron chi connectivity index (χ2n) is 9.21. The molecule has 0 bridgehead atoms. The van der Waals surface area contributed by atoms with E-state index in [0.717, 1.165) is 48.9 Å². The van der Waals surface area contributed by atoms with Crippen LogP contribution in [0.2, 0.25) is 0 Å². The predicted molar refractivity (Wildman–Crippen MR) is 129 cm³/mol. The average molecular weight is 495 g/mol. The van der Waals surface area contributed by atoms with Crippen molar-refractivity contribution in [2.75, 3.05) is 11.9 Å². The number of fused-ring (bicyclic) bond motifs is 1. The van der Waals surface area contributed by atoms with Gasteiger partial charge in [-0.1, -0.05) is 42.8 Å². The zero-order chi connectivity index (χ0) is 25.3. The van der Waals surface area contributed by atoms with Crippen LogP contribution >= 0.6 is 0 Å². The van der Waals surface area contributed by atoms with Crippen LogP contribution in [-0.4, -0.2) is 23.4 Å². The summed E-state index contributed by atoms with van der Waals surface area (Å²) in [6.45, 7) is 1.24. The topological polar surface area (TPSA) is 58.6 Å². The summed E-state index contributed by atoms with van der Waals surface area (Å²) in [6, 6.07) is 17.0. The third kappa shape index (κ3) is 5.08. The van der Waals surface area contributed by atoms with Crippen molar-refractivity contribution in [2.24, 2.45) is 5.92 Å². The third-order valence-corrected chi connectivity index (χ3v) is 6.84. The number of nitrogens with one attached hydrogen (secondary N) is 1. The van der Waals surface area contributed by atoms with Gasteiger partial charge in [-0.25, -0.2) is 4.79 Å². The van der Waals surface area contributed by atoms with Gasteiger partial charge in [-0.3, -0.25) is 10.1 Å². The molecule has 3 aromatic rings. The summed E-state index contributed by atoms with van der Waals surface area (Å²) in [5, 5.41) is 2.73. The Morgan fingerprint density at radius 2 is 1.69 bits per heavy atom. The molecule has 5 rings (SSSR count). The first-order valence-corrected chi connectivity index (χ1v) is 11.9. The lowest BCUT2D eigenvalue weighted by Gasteiger charge is -2.35. The number of nitrogens with zero attached hydrogens (tertiary/aromatic N) is 1. The number of hydrogen-bond donors (Lipinski definition) is 1. The fourth-order valence-corrected chi connectivity index (χ4v) is 4.61. The number of ether oxygens (including phenoxy) is 1. The van der Waals surface area contributed by atoms with Crippen LogP contribution in [0.5, 0.6) is 5.75 Å². The number of carbonyl (C=O) groups is 2. The number of hydrogen-bond acceptors (Lipinski definition) is 3. The summed E-state index contributed by atoms with van der Waals surface area (Å²) in [5.74, 6) is 0.648. The molecule has 3 aromatic carbocycles. The molecule has 8 heteroatoms. The Labute approximate surface area is 206 Å². The van der Waals surface area contributed by atoms with Crippen molar-refractivity contribution in [1.82, 2.24) is 4.90 Å². The molecule has 0 spiro atoms. The number of halogens is 3. The quantitative estimate of drug-likeness (QED) is 0.441. The summed E-state index contributed by atoms with van der Waals surface area (Å²) in [6.07, 6.45) is -1.32. The molecule has 186 valence electrons. The molecule has 1 aliphatic heterocycles. The number of benzene rings is 3. The Kier molecular flexibility index (Phi) is 6.43. The zero-order valence-electron chi connectivity index (χ0n) is 19.5. The van der Waals surface area contributed by atoms with Crippen molar-refractivity contribution in [3.8, 4) is 16.9 Å². The zero-order valence-corrected chi connectivity index (χ0v) is 19.5. The lowest BCUT2D eigenvalue weighted by atomic mass is 9.83. The molecular formula is C28H25F3N2O3. The van der Waals surface area contributed by atoms with Crippen molar-refractivity contribution in [3.63, 3.8) is 0 Å². The Balaban J connectivity index is 1.25. The standard InChI is InChI=1S/C28H25F3N2O3/c29-28(30,31)22-11-8-18(9-12-22)24-6-1-2-7-25(24)36-27(35)32-23-13-10-21-17-33(15-14-20(21)16-23)26(34)19-4-3-5-19/h1-2,6-13,16,19H,3-5,14-15,17H2,(H,32,35). The number of alkyl halides is 3. The first-order chi connectivity index (χ1) is 17.3. The van der Waals surface area contributed by atoms with Crippen LogP contribution in [0.4, 0.5) is 23.7 Å². The monoisotopic (exact) mass is 494 g/mol. The Morgan fingerprint density at radius 1 is 0.944 bits per heavy atom. The van der Waals surface area contributed by atoms with Gasteiger partial charge in [0.05, 0.1) is 5.56 Å². The normalized spacial score (nSPS) is 15.6. The molecule has 1 aliphatic carbocycles.